The molecule has 1 amide bonds. The van der Waals surface area contributed by atoms with Gasteiger partial charge in [0.25, 0.3) is 5.91 Å². The number of hydrogen-bond donors (Lipinski definition) is 0. The van der Waals surface area contributed by atoms with Gasteiger partial charge in [0.05, 0.1) is 30.4 Å². The molecule has 0 N–H and O–H groups in total. The Hall–Kier alpha value is -4.27. The normalized spacial score (nSPS) is 19.8. The predicted molar refractivity (Wildman–Crippen MR) is 164 cm³/mol. The number of esters is 1. The maximum Gasteiger partial charge on any atom is 0.341 e. The van der Waals surface area contributed by atoms with E-state index < -0.39 is 0 Å². The van der Waals surface area contributed by atoms with Crippen molar-refractivity contribution in [3.8, 4) is 16.8 Å². The summed E-state index contributed by atoms with van der Waals surface area (Å²) in [5.74, 6) is 0.232. The number of hydrogen-bond acceptors (Lipinski definition) is 6. The van der Waals surface area contributed by atoms with E-state index in [1.807, 2.05) is 36.1 Å². The van der Waals surface area contributed by atoms with Crippen LogP contribution in [0.4, 0.5) is 0 Å². The van der Waals surface area contributed by atoms with Crippen molar-refractivity contribution in [2.45, 2.75) is 70.8 Å². The molecule has 43 heavy (non-hydrogen) atoms. The van der Waals surface area contributed by atoms with Gasteiger partial charge in [0.1, 0.15) is 5.56 Å². The van der Waals surface area contributed by atoms with Gasteiger partial charge in [-0.25, -0.2) is 9.48 Å². The van der Waals surface area contributed by atoms with Gasteiger partial charge in [-0.2, -0.15) is 5.10 Å². The standard InChI is InChI=1S/C34H40N6O3/c1-5-9-28-12-6-7-13-39(28)33(41)24-11-8-10-23(16-24)25-14-22(2)15-29(18-25)40-32(31(20-35-40)34(42)43-4)30-19-26(30)17-27-21-38(3)37-36-27/h8,10-11,14-16,18,20-21,26,28,30H,5-7,9,12-13,17,19H2,1-4H3/t26-,28+,30-/m0/s1. The van der Waals surface area contributed by atoms with Crippen molar-refractivity contribution >= 4 is 11.9 Å². The maximum absolute atomic E-state index is 13.7. The van der Waals surface area contributed by atoms with Crippen LogP contribution in [0.2, 0.25) is 0 Å². The lowest BCUT2D eigenvalue weighted by Gasteiger charge is -2.36. The lowest BCUT2D eigenvalue weighted by atomic mass is 9.96. The summed E-state index contributed by atoms with van der Waals surface area (Å²) in [5.41, 5.74) is 6.95. The Kier molecular flexibility index (Phi) is 8.15. The van der Waals surface area contributed by atoms with Gasteiger partial charge in [0, 0.05) is 37.3 Å². The molecule has 9 nitrogen and oxygen atoms in total. The van der Waals surface area contributed by atoms with Crippen LogP contribution in [-0.2, 0) is 18.2 Å². The van der Waals surface area contributed by atoms with Gasteiger partial charge in [-0.15, -0.1) is 5.10 Å². The van der Waals surface area contributed by atoms with Crippen LogP contribution in [0, 0.1) is 12.8 Å². The molecule has 0 unspecified atom stereocenters. The van der Waals surface area contributed by atoms with E-state index in [0.29, 0.717) is 17.5 Å². The number of aromatic nitrogens is 5. The molecule has 4 aromatic rings. The molecule has 9 heteroatoms. The second-order valence-electron chi connectivity index (χ2n) is 12.1. The highest BCUT2D eigenvalue weighted by atomic mass is 16.5. The summed E-state index contributed by atoms with van der Waals surface area (Å²) >= 11 is 0. The Morgan fingerprint density at radius 2 is 1.95 bits per heavy atom. The molecule has 2 fully saturated rings. The number of aryl methyl sites for hydroxylation is 2. The van der Waals surface area contributed by atoms with Crippen molar-refractivity contribution in [3.05, 3.63) is 82.9 Å². The van der Waals surface area contributed by atoms with Crippen LogP contribution in [0.1, 0.15) is 89.0 Å². The van der Waals surface area contributed by atoms with Gasteiger partial charge in [-0.3, -0.25) is 9.48 Å². The zero-order valence-corrected chi connectivity index (χ0v) is 25.5. The van der Waals surface area contributed by atoms with E-state index in [1.54, 1.807) is 10.9 Å². The lowest BCUT2D eigenvalue weighted by molar-refractivity contribution is 0.0592. The van der Waals surface area contributed by atoms with Crippen LogP contribution in [-0.4, -0.2) is 61.2 Å². The SMILES string of the molecule is CCC[C@@H]1CCCCN1C(=O)c1cccc(-c2cc(C)cc(-n3ncc(C(=O)OC)c3[C@H]3C[C@@H]3Cc3cn(C)nn3)c2)c1. The molecule has 0 radical (unpaired) electrons. The van der Waals surface area contributed by atoms with Crippen LogP contribution in [0.15, 0.2) is 54.9 Å². The van der Waals surface area contributed by atoms with E-state index >= 15 is 0 Å². The molecule has 2 aromatic heterocycles. The number of piperidine rings is 1. The fourth-order valence-corrected chi connectivity index (χ4v) is 6.70. The molecule has 3 atom stereocenters. The van der Waals surface area contributed by atoms with Crippen LogP contribution >= 0.6 is 0 Å². The van der Waals surface area contributed by atoms with E-state index in [0.717, 1.165) is 84.4 Å². The fraction of sp³-hybridized carbons (Fsp3) is 0.441. The lowest BCUT2D eigenvalue weighted by Crippen LogP contribution is -2.43. The third-order valence-electron chi connectivity index (χ3n) is 8.87. The molecule has 3 heterocycles. The Morgan fingerprint density at radius 3 is 2.72 bits per heavy atom. The fourth-order valence-electron chi connectivity index (χ4n) is 6.70. The van der Waals surface area contributed by atoms with Crippen molar-refractivity contribution in [3.63, 3.8) is 0 Å². The molecular formula is C34H40N6O3. The summed E-state index contributed by atoms with van der Waals surface area (Å²) in [6.45, 7) is 5.07. The largest absolute Gasteiger partial charge is 0.465 e. The molecule has 1 saturated carbocycles. The van der Waals surface area contributed by atoms with Crippen molar-refractivity contribution in [1.29, 1.82) is 0 Å². The molecule has 0 spiro atoms. The molecule has 6 rings (SSSR count). The first-order valence-electron chi connectivity index (χ1n) is 15.4. The molecule has 2 aliphatic rings. The van der Waals surface area contributed by atoms with Gasteiger partial charge in [-0.1, -0.05) is 36.8 Å². The van der Waals surface area contributed by atoms with Crippen LogP contribution in [0.25, 0.3) is 16.8 Å². The minimum absolute atomic E-state index is 0.118. The number of ether oxygens (including phenoxy) is 1. The molecule has 1 aliphatic carbocycles. The monoisotopic (exact) mass is 580 g/mol. The molecule has 224 valence electrons. The number of carbonyl (C=O) groups excluding carboxylic acids is 2. The van der Waals surface area contributed by atoms with Crippen molar-refractivity contribution in [2.24, 2.45) is 13.0 Å². The smallest absolute Gasteiger partial charge is 0.341 e. The topological polar surface area (TPSA) is 95.1 Å². The van der Waals surface area contributed by atoms with Crippen LogP contribution < -0.4 is 0 Å². The van der Waals surface area contributed by atoms with Crippen molar-refractivity contribution in [1.82, 2.24) is 29.7 Å². The summed E-state index contributed by atoms with van der Waals surface area (Å²) in [6, 6.07) is 14.6. The van der Waals surface area contributed by atoms with E-state index in [2.05, 4.69) is 53.3 Å². The number of benzene rings is 2. The highest BCUT2D eigenvalue weighted by Gasteiger charge is 2.44. The van der Waals surface area contributed by atoms with Gasteiger partial charge in [-0.05, 0) is 92.3 Å². The van der Waals surface area contributed by atoms with E-state index in [1.165, 1.54) is 13.5 Å². The third kappa shape index (κ3) is 5.98. The number of methoxy groups -OCH3 is 1. The predicted octanol–water partition coefficient (Wildman–Crippen LogP) is 5.90. The summed E-state index contributed by atoms with van der Waals surface area (Å²) < 4.78 is 8.74. The summed E-state index contributed by atoms with van der Waals surface area (Å²) in [7, 11) is 3.27. The number of nitrogens with zero attached hydrogens (tertiary/aromatic N) is 6. The second-order valence-corrected chi connectivity index (χ2v) is 12.1. The van der Waals surface area contributed by atoms with Gasteiger partial charge >= 0.3 is 5.97 Å². The van der Waals surface area contributed by atoms with Crippen LogP contribution in [0.5, 0.6) is 0 Å². The average Bonchev–Trinajstić information content (AvgIpc) is 3.41. The number of likely N-dealkylation sites (tertiary alicyclic amines) is 1. The Morgan fingerprint density at radius 1 is 1.09 bits per heavy atom. The molecule has 0 bridgehead atoms. The zero-order chi connectivity index (χ0) is 30.1. The van der Waals surface area contributed by atoms with Crippen LogP contribution in [0.3, 0.4) is 0 Å². The summed E-state index contributed by atoms with van der Waals surface area (Å²) in [5, 5.41) is 13.0. The van der Waals surface area contributed by atoms with E-state index in [4.69, 9.17) is 9.84 Å². The Bertz CT molecular complexity index is 1640. The molecule has 1 aliphatic heterocycles. The third-order valence-corrected chi connectivity index (χ3v) is 8.87. The minimum atomic E-state index is -0.385. The van der Waals surface area contributed by atoms with Crippen molar-refractivity contribution < 1.29 is 14.3 Å². The highest BCUT2D eigenvalue weighted by molar-refractivity contribution is 5.96. The van der Waals surface area contributed by atoms with Gasteiger partial charge in [0.15, 0.2) is 0 Å². The quantitative estimate of drug-likeness (QED) is 0.229. The minimum Gasteiger partial charge on any atom is -0.465 e. The number of carbonyl (C=O) groups is 2. The zero-order valence-electron chi connectivity index (χ0n) is 25.5. The Balaban J connectivity index is 1.32. The summed E-state index contributed by atoms with van der Waals surface area (Å²) in [4.78, 5) is 28.5. The van der Waals surface area contributed by atoms with Gasteiger partial charge < -0.3 is 9.64 Å². The second kappa shape index (κ2) is 12.1. The van der Waals surface area contributed by atoms with Gasteiger partial charge in [0.2, 0.25) is 0 Å². The highest BCUT2D eigenvalue weighted by Crippen LogP contribution is 2.50. The van der Waals surface area contributed by atoms with E-state index in [9.17, 15) is 9.59 Å². The van der Waals surface area contributed by atoms with E-state index in [-0.39, 0.29) is 17.8 Å². The maximum atomic E-state index is 13.7. The number of amides is 1. The number of rotatable bonds is 9. The summed E-state index contributed by atoms with van der Waals surface area (Å²) in [6.07, 6.45) is 10.7. The first-order chi connectivity index (χ1) is 20.9. The average molecular weight is 581 g/mol. The Labute approximate surface area is 252 Å². The molecule has 2 aromatic carbocycles. The molecular weight excluding hydrogens is 540 g/mol. The first kappa shape index (κ1) is 28.8. The van der Waals surface area contributed by atoms with Crippen molar-refractivity contribution in [2.75, 3.05) is 13.7 Å². The molecule has 1 saturated heterocycles. The first-order valence-corrected chi connectivity index (χ1v) is 15.4.